The van der Waals surface area contributed by atoms with Crippen LogP contribution in [0.4, 0.5) is 0 Å². The Labute approximate surface area is 113 Å². The van der Waals surface area contributed by atoms with Gasteiger partial charge in [-0.1, -0.05) is 20.8 Å². The van der Waals surface area contributed by atoms with Gasteiger partial charge >= 0.3 is 0 Å². The molecule has 0 atom stereocenters. The molecule has 0 N–H and O–H groups in total. The Morgan fingerprint density at radius 2 is 1.94 bits per heavy atom. The lowest BCUT2D eigenvalue weighted by atomic mass is 10.3. The third-order valence-corrected chi connectivity index (χ3v) is 3.97. The standard InChI is InChI=1S/C13H24BrN3/c1-5-9-16(7-3)10-12-13(14)11(6-2)15-17(12)8-4/h5-10H2,1-4H3. The van der Waals surface area contributed by atoms with E-state index in [-0.39, 0.29) is 0 Å². The fourth-order valence-electron chi connectivity index (χ4n) is 2.05. The number of halogens is 1. The second-order valence-corrected chi connectivity index (χ2v) is 5.04. The maximum absolute atomic E-state index is 4.64. The minimum absolute atomic E-state index is 0.942. The van der Waals surface area contributed by atoms with Crippen LogP contribution < -0.4 is 0 Å². The lowest BCUT2D eigenvalue weighted by Crippen LogP contribution is -2.25. The molecule has 0 amide bonds. The van der Waals surface area contributed by atoms with Gasteiger partial charge in [-0.05, 0) is 48.8 Å². The summed E-state index contributed by atoms with van der Waals surface area (Å²) in [5, 5.41) is 4.64. The van der Waals surface area contributed by atoms with Crippen LogP contribution >= 0.6 is 15.9 Å². The minimum Gasteiger partial charge on any atom is -0.298 e. The first-order valence-corrected chi connectivity index (χ1v) is 7.43. The van der Waals surface area contributed by atoms with E-state index in [1.165, 1.54) is 22.3 Å². The van der Waals surface area contributed by atoms with Crippen molar-refractivity contribution < 1.29 is 0 Å². The second-order valence-electron chi connectivity index (χ2n) is 4.25. The molecule has 0 saturated carbocycles. The predicted molar refractivity (Wildman–Crippen MR) is 76.2 cm³/mol. The van der Waals surface area contributed by atoms with Crippen LogP contribution in [0.5, 0.6) is 0 Å². The van der Waals surface area contributed by atoms with Crippen molar-refractivity contribution in [1.29, 1.82) is 0 Å². The van der Waals surface area contributed by atoms with Crippen molar-refractivity contribution in [2.45, 2.75) is 53.6 Å². The SMILES string of the molecule is CCCN(CC)Cc1c(Br)c(CC)nn1CC. The summed E-state index contributed by atoms with van der Waals surface area (Å²) in [5.74, 6) is 0. The molecule has 0 unspecified atom stereocenters. The zero-order chi connectivity index (χ0) is 12.8. The van der Waals surface area contributed by atoms with Crippen LogP contribution in [-0.4, -0.2) is 27.8 Å². The van der Waals surface area contributed by atoms with E-state index >= 15 is 0 Å². The zero-order valence-corrected chi connectivity index (χ0v) is 13.0. The van der Waals surface area contributed by atoms with Crippen molar-refractivity contribution in [1.82, 2.24) is 14.7 Å². The molecule has 0 radical (unpaired) electrons. The Morgan fingerprint density at radius 1 is 1.24 bits per heavy atom. The van der Waals surface area contributed by atoms with E-state index in [2.05, 4.69) is 58.3 Å². The first kappa shape index (κ1) is 14.7. The number of nitrogens with zero attached hydrogens (tertiary/aromatic N) is 3. The van der Waals surface area contributed by atoms with Crippen LogP contribution in [0.15, 0.2) is 4.47 Å². The highest BCUT2D eigenvalue weighted by atomic mass is 79.9. The zero-order valence-electron chi connectivity index (χ0n) is 11.5. The number of hydrogen-bond donors (Lipinski definition) is 0. The fourth-order valence-corrected chi connectivity index (χ4v) is 2.74. The lowest BCUT2D eigenvalue weighted by molar-refractivity contribution is 0.271. The molecule has 1 aromatic rings. The summed E-state index contributed by atoms with van der Waals surface area (Å²) in [4.78, 5) is 2.47. The van der Waals surface area contributed by atoms with Crippen molar-refractivity contribution in [3.63, 3.8) is 0 Å². The van der Waals surface area contributed by atoms with Gasteiger partial charge in [-0.3, -0.25) is 9.58 Å². The summed E-state index contributed by atoms with van der Waals surface area (Å²) in [7, 11) is 0. The number of rotatable bonds is 7. The fraction of sp³-hybridized carbons (Fsp3) is 0.769. The Hall–Kier alpha value is -0.350. The second kappa shape index (κ2) is 7.17. The smallest absolute Gasteiger partial charge is 0.0767 e. The maximum Gasteiger partial charge on any atom is 0.0767 e. The van der Waals surface area contributed by atoms with E-state index in [1.54, 1.807) is 0 Å². The van der Waals surface area contributed by atoms with Crippen LogP contribution in [0.3, 0.4) is 0 Å². The van der Waals surface area contributed by atoms with Crippen molar-refractivity contribution >= 4 is 15.9 Å². The molecule has 1 heterocycles. The third-order valence-electron chi connectivity index (χ3n) is 3.05. The van der Waals surface area contributed by atoms with Gasteiger partial charge in [0.2, 0.25) is 0 Å². The molecule has 3 nitrogen and oxygen atoms in total. The summed E-state index contributed by atoms with van der Waals surface area (Å²) in [6.07, 6.45) is 2.19. The van der Waals surface area contributed by atoms with E-state index in [0.29, 0.717) is 0 Å². The molecule has 0 saturated heterocycles. The van der Waals surface area contributed by atoms with Crippen molar-refractivity contribution in [2.24, 2.45) is 0 Å². The van der Waals surface area contributed by atoms with E-state index < -0.39 is 0 Å². The van der Waals surface area contributed by atoms with Crippen molar-refractivity contribution in [3.8, 4) is 0 Å². The molecule has 0 fully saturated rings. The van der Waals surface area contributed by atoms with Crippen LogP contribution in [-0.2, 0) is 19.5 Å². The molecular formula is C13H24BrN3. The molecule has 1 rings (SSSR count). The van der Waals surface area contributed by atoms with Gasteiger partial charge in [-0.2, -0.15) is 5.10 Å². The third kappa shape index (κ3) is 3.55. The summed E-state index contributed by atoms with van der Waals surface area (Å²) < 4.78 is 3.33. The van der Waals surface area contributed by atoms with Gasteiger partial charge in [0, 0.05) is 13.1 Å². The van der Waals surface area contributed by atoms with Gasteiger partial charge in [0.25, 0.3) is 0 Å². The number of hydrogen-bond acceptors (Lipinski definition) is 2. The highest BCUT2D eigenvalue weighted by Crippen LogP contribution is 2.23. The normalized spacial score (nSPS) is 11.4. The molecule has 0 aliphatic carbocycles. The van der Waals surface area contributed by atoms with E-state index in [1.807, 2.05) is 0 Å². The summed E-state index contributed by atoms with van der Waals surface area (Å²) in [6.45, 7) is 12.9. The highest BCUT2D eigenvalue weighted by molar-refractivity contribution is 9.10. The Balaban J connectivity index is 2.91. The average Bonchev–Trinajstić information content (AvgIpc) is 2.65. The first-order valence-electron chi connectivity index (χ1n) is 6.64. The molecule has 0 aromatic carbocycles. The minimum atomic E-state index is 0.942. The molecule has 98 valence electrons. The largest absolute Gasteiger partial charge is 0.298 e. The van der Waals surface area contributed by atoms with Crippen LogP contribution in [0, 0.1) is 0 Å². The lowest BCUT2D eigenvalue weighted by Gasteiger charge is -2.20. The van der Waals surface area contributed by atoms with Gasteiger partial charge < -0.3 is 0 Å². The first-order chi connectivity index (χ1) is 8.17. The average molecular weight is 302 g/mol. The molecule has 1 aromatic heterocycles. The highest BCUT2D eigenvalue weighted by Gasteiger charge is 2.15. The maximum atomic E-state index is 4.64. The summed E-state index contributed by atoms with van der Waals surface area (Å²) >= 11 is 3.70. The molecule has 17 heavy (non-hydrogen) atoms. The Bertz CT molecular complexity index is 347. The summed E-state index contributed by atoms with van der Waals surface area (Å²) in [5.41, 5.74) is 2.49. The van der Waals surface area contributed by atoms with E-state index in [4.69, 9.17) is 0 Å². The van der Waals surface area contributed by atoms with Crippen LogP contribution in [0.1, 0.15) is 45.5 Å². The Kier molecular flexibility index (Phi) is 6.20. The Morgan fingerprint density at radius 3 is 2.41 bits per heavy atom. The van der Waals surface area contributed by atoms with Gasteiger partial charge in [0.15, 0.2) is 0 Å². The number of aryl methyl sites for hydroxylation is 2. The molecule has 0 aliphatic rings. The van der Waals surface area contributed by atoms with Gasteiger partial charge in [-0.15, -0.1) is 0 Å². The van der Waals surface area contributed by atoms with Gasteiger partial charge in [0.05, 0.1) is 15.9 Å². The van der Waals surface area contributed by atoms with E-state index in [9.17, 15) is 0 Å². The molecule has 0 aliphatic heterocycles. The monoisotopic (exact) mass is 301 g/mol. The van der Waals surface area contributed by atoms with Crippen LogP contribution in [0.2, 0.25) is 0 Å². The van der Waals surface area contributed by atoms with Gasteiger partial charge in [-0.25, -0.2) is 0 Å². The summed E-state index contributed by atoms with van der Waals surface area (Å²) in [6, 6.07) is 0. The predicted octanol–water partition coefficient (Wildman–Crippen LogP) is 3.46. The molecule has 0 bridgehead atoms. The quantitative estimate of drug-likeness (QED) is 0.769. The van der Waals surface area contributed by atoms with Crippen molar-refractivity contribution in [2.75, 3.05) is 13.1 Å². The molecule has 0 spiro atoms. The van der Waals surface area contributed by atoms with Crippen molar-refractivity contribution in [3.05, 3.63) is 15.9 Å². The van der Waals surface area contributed by atoms with E-state index in [0.717, 1.165) is 32.6 Å². The van der Waals surface area contributed by atoms with Crippen LogP contribution in [0.25, 0.3) is 0 Å². The number of aromatic nitrogens is 2. The van der Waals surface area contributed by atoms with Gasteiger partial charge in [0.1, 0.15) is 0 Å². The molecular weight excluding hydrogens is 278 g/mol. The molecule has 4 heteroatoms. The topological polar surface area (TPSA) is 21.1 Å².